The topological polar surface area (TPSA) is 65.2 Å². The molecule has 0 aliphatic carbocycles. The Morgan fingerprint density at radius 2 is 1.67 bits per heavy atom. The SMILES string of the molecule is Cc1oc(C)c(-c2onc(N)c2-c2ccc(Cl)cc2)c1C. The van der Waals surface area contributed by atoms with Crippen molar-refractivity contribution in [3.05, 3.63) is 46.4 Å². The van der Waals surface area contributed by atoms with Crippen molar-refractivity contribution in [1.82, 2.24) is 5.16 Å². The first kappa shape index (κ1) is 13.8. The van der Waals surface area contributed by atoms with Gasteiger partial charge in [-0.3, -0.25) is 0 Å². The van der Waals surface area contributed by atoms with Gasteiger partial charge < -0.3 is 14.7 Å². The van der Waals surface area contributed by atoms with Crippen molar-refractivity contribution in [3.8, 4) is 22.5 Å². The maximum Gasteiger partial charge on any atom is 0.180 e. The van der Waals surface area contributed by atoms with E-state index in [0.717, 1.165) is 33.8 Å². The Balaban J connectivity index is 2.24. The summed E-state index contributed by atoms with van der Waals surface area (Å²) in [6.07, 6.45) is 0. The molecule has 0 aliphatic heterocycles. The van der Waals surface area contributed by atoms with E-state index in [4.69, 9.17) is 26.3 Å². The predicted molar refractivity (Wildman–Crippen MR) is 83.3 cm³/mol. The monoisotopic (exact) mass is 302 g/mol. The van der Waals surface area contributed by atoms with E-state index in [9.17, 15) is 0 Å². The summed E-state index contributed by atoms with van der Waals surface area (Å²) < 4.78 is 11.1. The molecular weight excluding hydrogens is 288 g/mol. The van der Waals surface area contributed by atoms with E-state index < -0.39 is 0 Å². The maximum atomic E-state index is 5.99. The van der Waals surface area contributed by atoms with Crippen molar-refractivity contribution in [2.24, 2.45) is 0 Å². The minimum atomic E-state index is 0.352. The van der Waals surface area contributed by atoms with Crippen molar-refractivity contribution in [3.63, 3.8) is 0 Å². The quantitative estimate of drug-likeness (QED) is 0.741. The van der Waals surface area contributed by atoms with Crippen LogP contribution in [0.25, 0.3) is 22.5 Å². The molecule has 108 valence electrons. The van der Waals surface area contributed by atoms with Gasteiger partial charge in [-0.05, 0) is 38.5 Å². The third-order valence-electron chi connectivity index (χ3n) is 3.64. The zero-order chi connectivity index (χ0) is 15.1. The molecule has 0 atom stereocenters. The fourth-order valence-electron chi connectivity index (χ4n) is 2.50. The lowest BCUT2D eigenvalue weighted by atomic mass is 9.99. The van der Waals surface area contributed by atoms with E-state index in [1.807, 2.05) is 45.0 Å². The Morgan fingerprint density at radius 1 is 1.00 bits per heavy atom. The van der Waals surface area contributed by atoms with Crippen LogP contribution in [0.15, 0.2) is 33.2 Å². The molecule has 0 radical (unpaired) electrons. The van der Waals surface area contributed by atoms with Crippen LogP contribution in [0, 0.1) is 20.8 Å². The van der Waals surface area contributed by atoms with Crippen LogP contribution >= 0.6 is 11.6 Å². The Labute approximate surface area is 127 Å². The first-order chi connectivity index (χ1) is 9.99. The highest BCUT2D eigenvalue weighted by Crippen LogP contribution is 2.41. The van der Waals surface area contributed by atoms with Crippen LogP contribution in [0.5, 0.6) is 0 Å². The molecule has 0 unspecified atom stereocenters. The summed E-state index contributed by atoms with van der Waals surface area (Å²) in [5, 5.41) is 4.58. The summed E-state index contributed by atoms with van der Waals surface area (Å²) >= 11 is 5.94. The van der Waals surface area contributed by atoms with Crippen LogP contribution in [-0.4, -0.2) is 5.16 Å². The first-order valence-corrected chi connectivity index (χ1v) is 6.95. The lowest BCUT2D eigenvalue weighted by molar-refractivity contribution is 0.434. The van der Waals surface area contributed by atoms with Gasteiger partial charge in [0.1, 0.15) is 11.5 Å². The summed E-state index contributed by atoms with van der Waals surface area (Å²) in [7, 11) is 0. The van der Waals surface area contributed by atoms with Gasteiger partial charge in [-0.1, -0.05) is 28.9 Å². The molecule has 0 saturated carbocycles. The van der Waals surface area contributed by atoms with E-state index in [2.05, 4.69) is 5.16 Å². The molecule has 0 amide bonds. The fraction of sp³-hybridized carbons (Fsp3) is 0.188. The summed E-state index contributed by atoms with van der Waals surface area (Å²) in [5.41, 5.74) is 9.59. The van der Waals surface area contributed by atoms with Gasteiger partial charge >= 0.3 is 0 Å². The van der Waals surface area contributed by atoms with Crippen molar-refractivity contribution in [1.29, 1.82) is 0 Å². The average Bonchev–Trinajstić information content (AvgIpc) is 2.92. The molecular formula is C16H15ClN2O2. The number of halogens is 1. The zero-order valence-electron chi connectivity index (χ0n) is 12.0. The maximum absolute atomic E-state index is 5.99. The molecule has 0 fully saturated rings. The van der Waals surface area contributed by atoms with Gasteiger partial charge in [-0.25, -0.2) is 0 Å². The van der Waals surface area contributed by atoms with Gasteiger partial charge in [0, 0.05) is 10.6 Å². The standard InChI is InChI=1S/C16H15ClN2O2/c1-8-9(2)20-10(3)13(8)15-14(16(18)19-21-15)11-4-6-12(17)7-5-11/h4-7H,1-3H3,(H2,18,19). The van der Waals surface area contributed by atoms with Gasteiger partial charge in [-0.15, -0.1) is 0 Å². The molecule has 0 spiro atoms. The van der Waals surface area contributed by atoms with E-state index >= 15 is 0 Å². The number of hydrogen-bond donors (Lipinski definition) is 1. The van der Waals surface area contributed by atoms with Crippen molar-refractivity contribution < 1.29 is 8.94 Å². The summed E-state index contributed by atoms with van der Waals surface area (Å²) in [6.45, 7) is 5.82. The second-order valence-electron chi connectivity index (χ2n) is 4.99. The van der Waals surface area contributed by atoms with Gasteiger partial charge in [0.15, 0.2) is 11.6 Å². The van der Waals surface area contributed by atoms with Crippen LogP contribution in [0.1, 0.15) is 17.1 Å². The molecule has 0 bridgehead atoms. The Bertz CT molecular complexity index is 801. The molecule has 2 aromatic heterocycles. The fourth-order valence-corrected chi connectivity index (χ4v) is 2.62. The molecule has 0 saturated heterocycles. The third-order valence-corrected chi connectivity index (χ3v) is 3.89. The predicted octanol–water partition coefficient (Wildman–Crippen LogP) is 4.76. The van der Waals surface area contributed by atoms with Crippen LogP contribution in [0.3, 0.4) is 0 Å². The van der Waals surface area contributed by atoms with Crippen LogP contribution in [0.4, 0.5) is 5.82 Å². The van der Waals surface area contributed by atoms with Gasteiger partial charge in [0.05, 0.1) is 11.1 Å². The second-order valence-corrected chi connectivity index (χ2v) is 5.43. The number of nitrogen functional groups attached to an aromatic ring is 1. The molecule has 2 N–H and O–H groups in total. The van der Waals surface area contributed by atoms with Gasteiger partial charge in [0.2, 0.25) is 0 Å². The molecule has 1 aromatic carbocycles. The summed E-state index contributed by atoms with van der Waals surface area (Å²) in [5.74, 6) is 2.63. The number of aryl methyl sites for hydroxylation is 2. The third kappa shape index (κ3) is 2.21. The number of hydrogen-bond acceptors (Lipinski definition) is 4. The van der Waals surface area contributed by atoms with E-state index in [0.29, 0.717) is 16.6 Å². The molecule has 3 rings (SSSR count). The molecule has 2 heterocycles. The summed E-state index contributed by atoms with van der Waals surface area (Å²) in [4.78, 5) is 0. The number of furan rings is 1. The molecule has 3 aromatic rings. The number of nitrogens with two attached hydrogens (primary N) is 1. The van der Waals surface area contributed by atoms with E-state index in [1.54, 1.807) is 0 Å². The number of anilines is 1. The normalized spacial score (nSPS) is 11.0. The van der Waals surface area contributed by atoms with Crippen LogP contribution in [-0.2, 0) is 0 Å². The number of rotatable bonds is 2. The first-order valence-electron chi connectivity index (χ1n) is 6.57. The van der Waals surface area contributed by atoms with E-state index in [-0.39, 0.29) is 0 Å². The van der Waals surface area contributed by atoms with Gasteiger partial charge in [-0.2, -0.15) is 0 Å². The van der Waals surface area contributed by atoms with Crippen molar-refractivity contribution in [2.75, 3.05) is 5.73 Å². The Hall–Kier alpha value is -2.20. The molecule has 21 heavy (non-hydrogen) atoms. The van der Waals surface area contributed by atoms with Gasteiger partial charge in [0.25, 0.3) is 0 Å². The molecule has 0 aliphatic rings. The Kier molecular flexibility index (Phi) is 3.26. The molecule has 5 heteroatoms. The van der Waals surface area contributed by atoms with Crippen LogP contribution < -0.4 is 5.73 Å². The highest BCUT2D eigenvalue weighted by Gasteiger charge is 2.23. The second kappa shape index (κ2) is 4.97. The van der Waals surface area contributed by atoms with Crippen molar-refractivity contribution in [2.45, 2.75) is 20.8 Å². The lowest BCUT2D eigenvalue weighted by Gasteiger charge is -2.03. The summed E-state index contributed by atoms with van der Waals surface area (Å²) in [6, 6.07) is 7.42. The van der Waals surface area contributed by atoms with E-state index in [1.165, 1.54) is 0 Å². The highest BCUT2D eigenvalue weighted by atomic mass is 35.5. The number of benzene rings is 1. The minimum Gasteiger partial charge on any atom is -0.466 e. The Morgan fingerprint density at radius 3 is 2.24 bits per heavy atom. The largest absolute Gasteiger partial charge is 0.466 e. The number of aromatic nitrogens is 1. The smallest absolute Gasteiger partial charge is 0.180 e. The lowest BCUT2D eigenvalue weighted by Crippen LogP contribution is -1.89. The van der Waals surface area contributed by atoms with Crippen molar-refractivity contribution >= 4 is 17.4 Å². The van der Waals surface area contributed by atoms with Crippen LogP contribution in [0.2, 0.25) is 5.02 Å². The zero-order valence-corrected chi connectivity index (χ0v) is 12.8. The molecule has 4 nitrogen and oxygen atoms in total. The minimum absolute atomic E-state index is 0.352. The average molecular weight is 303 g/mol. The number of nitrogens with zero attached hydrogens (tertiary/aromatic N) is 1. The highest BCUT2D eigenvalue weighted by molar-refractivity contribution is 6.30.